The first-order valence-electron chi connectivity index (χ1n) is 8.74. The molecule has 144 valence electrons. The molecule has 0 unspecified atom stereocenters. The maximum absolute atomic E-state index is 12.3. The summed E-state index contributed by atoms with van der Waals surface area (Å²) in [5.74, 6) is -0.569. The van der Waals surface area contributed by atoms with Gasteiger partial charge in [0.1, 0.15) is 0 Å². The Bertz CT molecular complexity index is 692. The number of hydrogen-bond acceptors (Lipinski definition) is 5. The van der Waals surface area contributed by atoms with Crippen LogP contribution in [0.15, 0.2) is 60.7 Å². The zero-order valence-electron chi connectivity index (χ0n) is 15.5. The van der Waals surface area contributed by atoms with Gasteiger partial charge in [0.2, 0.25) is 6.41 Å². The van der Waals surface area contributed by atoms with Crippen molar-refractivity contribution in [2.24, 2.45) is 0 Å². The molecule has 6 nitrogen and oxygen atoms in total. The average molecular weight is 371 g/mol. The molecule has 0 spiro atoms. The molecule has 0 saturated heterocycles. The lowest BCUT2D eigenvalue weighted by Crippen LogP contribution is -2.52. The van der Waals surface area contributed by atoms with Gasteiger partial charge >= 0.3 is 5.97 Å². The third-order valence-corrected chi connectivity index (χ3v) is 4.15. The summed E-state index contributed by atoms with van der Waals surface area (Å²) in [4.78, 5) is 23.4. The van der Waals surface area contributed by atoms with Crippen LogP contribution in [0.4, 0.5) is 0 Å². The lowest BCUT2D eigenvalue weighted by Gasteiger charge is -2.29. The number of rotatable bonds is 11. The molecule has 0 saturated carbocycles. The molecule has 2 aromatic rings. The molecule has 0 bridgehead atoms. The van der Waals surface area contributed by atoms with Crippen LogP contribution >= 0.6 is 0 Å². The van der Waals surface area contributed by atoms with Crippen LogP contribution in [0.3, 0.4) is 0 Å². The van der Waals surface area contributed by atoms with Crippen molar-refractivity contribution < 1.29 is 23.8 Å². The molecule has 3 atom stereocenters. The molecular weight excluding hydrogens is 346 g/mol. The van der Waals surface area contributed by atoms with E-state index in [-0.39, 0.29) is 6.61 Å². The van der Waals surface area contributed by atoms with Gasteiger partial charge in [0.15, 0.2) is 6.10 Å². The summed E-state index contributed by atoms with van der Waals surface area (Å²) in [6, 6.07) is 18.4. The van der Waals surface area contributed by atoms with Crippen molar-refractivity contribution in [2.45, 2.75) is 38.4 Å². The van der Waals surface area contributed by atoms with E-state index < -0.39 is 24.2 Å². The Morgan fingerprint density at radius 3 is 1.96 bits per heavy atom. The van der Waals surface area contributed by atoms with Crippen molar-refractivity contribution in [3.63, 3.8) is 0 Å². The number of benzene rings is 2. The minimum Gasteiger partial charge on any atom is -0.467 e. The van der Waals surface area contributed by atoms with Gasteiger partial charge in [-0.1, -0.05) is 60.7 Å². The Balaban J connectivity index is 2.06. The fourth-order valence-corrected chi connectivity index (χ4v) is 2.65. The van der Waals surface area contributed by atoms with Crippen molar-refractivity contribution in [1.82, 2.24) is 5.32 Å². The summed E-state index contributed by atoms with van der Waals surface area (Å²) < 4.78 is 16.5. The van der Waals surface area contributed by atoms with E-state index in [0.29, 0.717) is 13.0 Å². The molecular formula is C21H25NO5. The van der Waals surface area contributed by atoms with E-state index in [1.54, 1.807) is 6.92 Å². The van der Waals surface area contributed by atoms with Crippen LogP contribution in [-0.2, 0) is 37.0 Å². The van der Waals surface area contributed by atoms with E-state index in [1.807, 2.05) is 60.7 Å². The van der Waals surface area contributed by atoms with Crippen molar-refractivity contribution in [3.05, 3.63) is 71.8 Å². The second kappa shape index (κ2) is 11.1. The molecule has 1 N–H and O–H groups in total. The minimum atomic E-state index is -0.994. The highest BCUT2D eigenvalue weighted by molar-refractivity contribution is 5.76. The molecule has 0 aromatic heterocycles. The zero-order chi connectivity index (χ0) is 19.5. The Morgan fingerprint density at radius 2 is 1.48 bits per heavy atom. The van der Waals surface area contributed by atoms with Crippen LogP contribution in [-0.4, -0.2) is 37.7 Å². The van der Waals surface area contributed by atoms with Crippen molar-refractivity contribution in [3.8, 4) is 0 Å². The zero-order valence-corrected chi connectivity index (χ0v) is 15.5. The monoisotopic (exact) mass is 371 g/mol. The fraction of sp³-hybridized carbons (Fsp3) is 0.333. The van der Waals surface area contributed by atoms with Gasteiger partial charge in [-0.3, -0.25) is 4.79 Å². The molecule has 6 heteroatoms. The molecule has 27 heavy (non-hydrogen) atoms. The van der Waals surface area contributed by atoms with E-state index in [4.69, 9.17) is 14.2 Å². The molecule has 0 aliphatic heterocycles. The summed E-state index contributed by atoms with van der Waals surface area (Å²) in [6.45, 7) is 2.35. The van der Waals surface area contributed by atoms with Crippen LogP contribution in [0.1, 0.15) is 18.1 Å². The van der Waals surface area contributed by atoms with Crippen LogP contribution in [0.25, 0.3) is 0 Å². The first-order valence-corrected chi connectivity index (χ1v) is 8.74. The van der Waals surface area contributed by atoms with Gasteiger partial charge in [0.25, 0.3) is 0 Å². The minimum absolute atomic E-state index is 0.211. The van der Waals surface area contributed by atoms with Crippen LogP contribution < -0.4 is 5.32 Å². The Hall–Kier alpha value is -2.70. The third kappa shape index (κ3) is 6.51. The van der Waals surface area contributed by atoms with Crippen molar-refractivity contribution >= 4 is 12.4 Å². The van der Waals surface area contributed by atoms with Crippen LogP contribution in [0, 0.1) is 0 Å². The number of hydrogen-bond donors (Lipinski definition) is 1. The van der Waals surface area contributed by atoms with E-state index >= 15 is 0 Å². The number of methoxy groups -OCH3 is 1. The molecule has 0 heterocycles. The van der Waals surface area contributed by atoms with Crippen molar-refractivity contribution in [1.29, 1.82) is 0 Å². The molecule has 2 rings (SSSR count). The van der Waals surface area contributed by atoms with E-state index in [1.165, 1.54) is 7.11 Å². The molecule has 2 aromatic carbocycles. The van der Waals surface area contributed by atoms with E-state index in [9.17, 15) is 9.59 Å². The standard InChI is InChI=1S/C21H25NO5/c1-16(26-13-17-9-5-3-6-10-17)19(22-15-23)20(21(24)25-2)27-14-18-11-7-4-8-12-18/h3-12,15-16,19-20H,13-14H2,1-2H3,(H,22,23)/t16-,19+,20-/m0/s1. The normalized spacial score (nSPS) is 14.0. The lowest BCUT2D eigenvalue weighted by atomic mass is 10.1. The van der Waals surface area contributed by atoms with E-state index in [0.717, 1.165) is 11.1 Å². The predicted octanol–water partition coefficient (Wildman–Crippen LogP) is 2.46. The van der Waals surface area contributed by atoms with Gasteiger partial charge in [-0.2, -0.15) is 0 Å². The summed E-state index contributed by atoms with van der Waals surface area (Å²) in [5, 5.41) is 2.64. The van der Waals surface area contributed by atoms with Gasteiger partial charge in [-0.15, -0.1) is 0 Å². The highest BCUT2D eigenvalue weighted by atomic mass is 16.6. The van der Waals surface area contributed by atoms with Gasteiger partial charge in [-0.05, 0) is 18.1 Å². The third-order valence-electron chi connectivity index (χ3n) is 4.15. The van der Waals surface area contributed by atoms with Gasteiger partial charge in [0, 0.05) is 0 Å². The van der Waals surface area contributed by atoms with Gasteiger partial charge in [0.05, 0.1) is 32.5 Å². The fourth-order valence-electron chi connectivity index (χ4n) is 2.65. The average Bonchev–Trinajstić information content (AvgIpc) is 2.72. The second-order valence-corrected chi connectivity index (χ2v) is 6.05. The highest BCUT2D eigenvalue weighted by Crippen LogP contribution is 2.14. The highest BCUT2D eigenvalue weighted by Gasteiger charge is 2.34. The summed E-state index contributed by atoms with van der Waals surface area (Å²) in [7, 11) is 1.29. The van der Waals surface area contributed by atoms with Crippen LogP contribution in [0.2, 0.25) is 0 Å². The molecule has 1 amide bonds. The number of ether oxygens (including phenoxy) is 3. The van der Waals surface area contributed by atoms with Gasteiger partial charge < -0.3 is 19.5 Å². The van der Waals surface area contributed by atoms with E-state index in [2.05, 4.69) is 5.32 Å². The number of carbonyl (C=O) groups is 2. The number of esters is 1. The van der Waals surface area contributed by atoms with Gasteiger partial charge in [-0.25, -0.2) is 4.79 Å². The summed E-state index contributed by atoms with van der Waals surface area (Å²) in [6.07, 6.45) is -0.934. The lowest BCUT2D eigenvalue weighted by molar-refractivity contribution is -0.161. The Morgan fingerprint density at radius 1 is 0.963 bits per heavy atom. The SMILES string of the molecule is COC(=O)[C@@H](OCc1ccccc1)[C@H](NC=O)[C@H](C)OCc1ccccc1. The topological polar surface area (TPSA) is 73.9 Å². The van der Waals surface area contributed by atoms with Crippen molar-refractivity contribution in [2.75, 3.05) is 7.11 Å². The maximum atomic E-state index is 12.3. The largest absolute Gasteiger partial charge is 0.467 e. The number of carbonyl (C=O) groups excluding carboxylic acids is 2. The second-order valence-electron chi connectivity index (χ2n) is 6.05. The summed E-state index contributed by atoms with van der Waals surface area (Å²) >= 11 is 0. The molecule has 0 fully saturated rings. The maximum Gasteiger partial charge on any atom is 0.337 e. The smallest absolute Gasteiger partial charge is 0.337 e. The number of amides is 1. The molecule has 0 radical (unpaired) electrons. The quantitative estimate of drug-likeness (QED) is 0.485. The summed E-state index contributed by atoms with van der Waals surface area (Å²) in [5.41, 5.74) is 1.91. The first-order chi connectivity index (χ1) is 13.2. The Labute approximate surface area is 159 Å². The van der Waals surface area contributed by atoms with Crippen LogP contribution in [0.5, 0.6) is 0 Å². The molecule has 0 aliphatic carbocycles. The Kier molecular flexibility index (Phi) is 8.48. The number of nitrogens with one attached hydrogen (secondary N) is 1. The first kappa shape index (κ1) is 20.6. The molecule has 0 aliphatic rings. The predicted molar refractivity (Wildman–Crippen MR) is 101 cm³/mol.